The Balaban J connectivity index is 1.34. The van der Waals surface area contributed by atoms with Gasteiger partial charge in [-0.05, 0) is 72.0 Å². The highest BCUT2D eigenvalue weighted by Gasteiger charge is 2.32. The fraction of sp³-hybridized carbons (Fsp3) is 0.324. The van der Waals surface area contributed by atoms with Gasteiger partial charge in [0.05, 0.1) is 30.3 Å². The summed E-state index contributed by atoms with van der Waals surface area (Å²) in [6, 6.07) is 20.7. The Morgan fingerprint density at radius 3 is 2.41 bits per heavy atom. The van der Waals surface area contributed by atoms with Crippen LogP contribution in [-0.2, 0) is 16.0 Å². The van der Waals surface area contributed by atoms with Crippen molar-refractivity contribution in [3.63, 3.8) is 0 Å². The van der Waals surface area contributed by atoms with Crippen LogP contribution in [0, 0.1) is 0 Å². The minimum atomic E-state index is -0.967. The largest absolute Gasteiger partial charge is 0.494 e. The average Bonchev–Trinajstić information content (AvgIpc) is 3.31. The number of carboxylic acids is 1. The monoisotopic (exact) mass is 632 g/mol. The van der Waals surface area contributed by atoms with Gasteiger partial charge >= 0.3 is 5.97 Å². The molecular formula is C34H36N2O6S2. The topological polar surface area (TPSA) is 88.5 Å². The fourth-order valence-electron chi connectivity index (χ4n) is 4.93. The molecule has 2 fully saturated rings. The molecule has 5 rings (SSSR count). The van der Waals surface area contributed by atoms with E-state index in [0.717, 1.165) is 67.3 Å². The van der Waals surface area contributed by atoms with Crippen molar-refractivity contribution in [2.45, 2.75) is 19.8 Å². The van der Waals surface area contributed by atoms with Gasteiger partial charge in [-0.2, -0.15) is 0 Å². The van der Waals surface area contributed by atoms with Crippen molar-refractivity contribution in [1.82, 2.24) is 9.80 Å². The molecule has 0 atom stereocenters. The summed E-state index contributed by atoms with van der Waals surface area (Å²) < 4.78 is 18.0. The SMILES string of the molecule is CCCOc1ccc(-c2ccc(OCCN3CCOCC3)c(/C=C3\SC(=S)N(CCc4ccc(C(=O)O)cc4)C3=O)c2)cc1. The number of aromatic carboxylic acids is 1. The number of thiocarbonyl (C=S) groups is 1. The zero-order valence-corrected chi connectivity index (χ0v) is 26.3. The van der Waals surface area contributed by atoms with E-state index in [1.807, 2.05) is 48.5 Å². The van der Waals surface area contributed by atoms with Crippen LogP contribution >= 0.6 is 24.0 Å². The van der Waals surface area contributed by atoms with Gasteiger partial charge in [0.2, 0.25) is 0 Å². The molecule has 0 bridgehead atoms. The van der Waals surface area contributed by atoms with Crippen LogP contribution in [0.3, 0.4) is 0 Å². The van der Waals surface area contributed by atoms with Crippen LogP contribution in [0.25, 0.3) is 17.2 Å². The first-order valence-corrected chi connectivity index (χ1v) is 16.0. The Hall–Kier alpha value is -3.70. The molecule has 2 heterocycles. The minimum absolute atomic E-state index is 0.149. The van der Waals surface area contributed by atoms with Crippen LogP contribution in [0.5, 0.6) is 11.5 Å². The number of carbonyl (C=O) groups is 2. The lowest BCUT2D eigenvalue weighted by molar-refractivity contribution is -0.122. The number of morpholine rings is 1. The number of thioether (sulfide) groups is 1. The van der Waals surface area contributed by atoms with E-state index in [1.54, 1.807) is 29.2 Å². The molecule has 2 saturated heterocycles. The maximum Gasteiger partial charge on any atom is 0.335 e. The maximum atomic E-state index is 13.5. The van der Waals surface area contributed by atoms with Crippen molar-refractivity contribution in [2.24, 2.45) is 0 Å². The van der Waals surface area contributed by atoms with Gasteiger partial charge in [0.1, 0.15) is 22.4 Å². The Bertz CT molecular complexity index is 1500. The summed E-state index contributed by atoms with van der Waals surface area (Å²) in [6.45, 7) is 7.72. The number of hydrogen-bond acceptors (Lipinski definition) is 8. The second-order valence-corrected chi connectivity index (χ2v) is 12.2. The molecule has 0 saturated carbocycles. The van der Waals surface area contributed by atoms with E-state index in [9.17, 15) is 9.59 Å². The van der Waals surface area contributed by atoms with Crippen LogP contribution in [0.15, 0.2) is 71.6 Å². The van der Waals surface area contributed by atoms with Gasteiger partial charge in [0.15, 0.2) is 0 Å². The minimum Gasteiger partial charge on any atom is -0.494 e. The summed E-state index contributed by atoms with van der Waals surface area (Å²) in [7, 11) is 0. The van der Waals surface area contributed by atoms with E-state index < -0.39 is 5.97 Å². The Morgan fingerprint density at radius 2 is 1.70 bits per heavy atom. The molecule has 2 aliphatic rings. The van der Waals surface area contributed by atoms with Crippen molar-refractivity contribution in [3.8, 4) is 22.6 Å². The molecule has 8 nitrogen and oxygen atoms in total. The molecular weight excluding hydrogens is 597 g/mol. The van der Waals surface area contributed by atoms with Crippen LogP contribution in [-0.4, -0.2) is 83.7 Å². The number of amides is 1. The quantitative estimate of drug-likeness (QED) is 0.180. The van der Waals surface area contributed by atoms with Gasteiger partial charge < -0.3 is 19.3 Å². The Labute approximate surface area is 267 Å². The smallest absolute Gasteiger partial charge is 0.335 e. The van der Waals surface area contributed by atoms with Crippen molar-refractivity contribution >= 4 is 46.3 Å². The third-order valence-corrected chi connectivity index (χ3v) is 8.80. The molecule has 44 heavy (non-hydrogen) atoms. The van der Waals surface area contributed by atoms with Gasteiger partial charge in [-0.15, -0.1) is 0 Å². The lowest BCUT2D eigenvalue weighted by atomic mass is 10.0. The molecule has 1 amide bonds. The molecule has 2 aliphatic heterocycles. The van der Waals surface area contributed by atoms with E-state index in [2.05, 4.69) is 11.8 Å². The molecule has 1 N–H and O–H groups in total. The number of carboxylic acid groups (broad SMARTS) is 1. The number of carbonyl (C=O) groups excluding carboxylic acids is 1. The van der Waals surface area contributed by atoms with Gasteiger partial charge in [-0.25, -0.2) is 4.79 Å². The highest BCUT2D eigenvalue weighted by molar-refractivity contribution is 8.26. The van der Waals surface area contributed by atoms with Gasteiger partial charge in [0, 0.05) is 31.7 Å². The third kappa shape index (κ3) is 8.26. The first-order valence-electron chi connectivity index (χ1n) is 14.8. The summed E-state index contributed by atoms with van der Waals surface area (Å²) in [5.41, 5.74) is 4.00. The van der Waals surface area contributed by atoms with E-state index in [1.165, 1.54) is 11.8 Å². The molecule has 0 aromatic heterocycles. The third-order valence-electron chi connectivity index (χ3n) is 7.42. The summed E-state index contributed by atoms with van der Waals surface area (Å²) >= 11 is 6.87. The zero-order chi connectivity index (χ0) is 30.9. The fourth-order valence-corrected chi connectivity index (χ4v) is 6.23. The van der Waals surface area contributed by atoms with Crippen molar-refractivity contribution in [2.75, 3.05) is 52.6 Å². The van der Waals surface area contributed by atoms with Gasteiger partial charge in [0.25, 0.3) is 5.91 Å². The first kappa shape index (κ1) is 31.7. The molecule has 0 unspecified atom stereocenters. The van der Waals surface area contributed by atoms with Crippen LogP contribution in [0.4, 0.5) is 0 Å². The van der Waals surface area contributed by atoms with Crippen molar-refractivity contribution in [3.05, 3.63) is 88.3 Å². The number of nitrogens with zero attached hydrogens (tertiary/aromatic N) is 2. The predicted octanol–water partition coefficient (Wildman–Crippen LogP) is 6.00. The lowest BCUT2D eigenvalue weighted by Gasteiger charge is -2.26. The van der Waals surface area contributed by atoms with Gasteiger partial charge in [-0.3, -0.25) is 14.6 Å². The standard InChI is InChI=1S/C34H36N2O6S2/c1-2-18-41-29-10-7-25(8-11-29)27-9-12-30(42-21-17-35-15-19-40-20-16-35)28(22-27)23-31-32(37)36(34(43)44-31)14-13-24-3-5-26(6-4-24)33(38)39/h3-12,22-23H,2,13-21H2,1H3,(H,38,39)/b31-23-. The number of hydrogen-bond donors (Lipinski definition) is 1. The van der Waals surface area contributed by atoms with Crippen LogP contribution in [0.1, 0.15) is 34.8 Å². The average molecular weight is 633 g/mol. The summed E-state index contributed by atoms with van der Waals surface area (Å²) in [4.78, 5) is 29.1. The van der Waals surface area contributed by atoms with Crippen molar-refractivity contribution in [1.29, 1.82) is 0 Å². The second kappa shape index (κ2) is 15.3. The predicted molar refractivity (Wildman–Crippen MR) is 177 cm³/mol. The zero-order valence-electron chi connectivity index (χ0n) is 24.7. The molecule has 10 heteroatoms. The number of ether oxygens (including phenoxy) is 3. The molecule has 0 radical (unpaired) electrons. The molecule has 0 aliphatic carbocycles. The highest BCUT2D eigenvalue weighted by Crippen LogP contribution is 2.36. The van der Waals surface area contributed by atoms with E-state index >= 15 is 0 Å². The molecule has 3 aromatic rings. The second-order valence-electron chi connectivity index (χ2n) is 10.5. The molecule has 230 valence electrons. The number of benzene rings is 3. The highest BCUT2D eigenvalue weighted by atomic mass is 32.2. The van der Waals surface area contributed by atoms with E-state index in [0.29, 0.717) is 41.2 Å². The van der Waals surface area contributed by atoms with E-state index in [4.69, 9.17) is 31.5 Å². The summed E-state index contributed by atoms with van der Waals surface area (Å²) in [6.07, 6.45) is 3.38. The summed E-state index contributed by atoms with van der Waals surface area (Å²) in [5, 5.41) is 9.15. The van der Waals surface area contributed by atoms with Crippen LogP contribution in [0.2, 0.25) is 0 Å². The Morgan fingerprint density at radius 1 is 0.977 bits per heavy atom. The molecule has 0 spiro atoms. The number of rotatable bonds is 13. The maximum absolute atomic E-state index is 13.5. The van der Waals surface area contributed by atoms with Crippen LogP contribution < -0.4 is 9.47 Å². The first-order chi connectivity index (χ1) is 21.4. The normalized spacial score (nSPS) is 16.5. The van der Waals surface area contributed by atoms with Crippen molar-refractivity contribution < 1.29 is 28.9 Å². The summed E-state index contributed by atoms with van der Waals surface area (Å²) in [5.74, 6) is 0.420. The van der Waals surface area contributed by atoms with Gasteiger partial charge in [-0.1, -0.05) is 61.2 Å². The van der Waals surface area contributed by atoms with E-state index in [-0.39, 0.29) is 11.5 Å². The molecule has 3 aromatic carbocycles. The Kier molecular flexibility index (Phi) is 11.1. The lowest BCUT2D eigenvalue weighted by Crippen LogP contribution is -2.38.